The molecule has 0 aromatic heterocycles. The Morgan fingerprint density at radius 1 is 1.29 bits per heavy atom. The third-order valence-corrected chi connectivity index (χ3v) is 3.11. The summed E-state index contributed by atoms with van der Waals surface area (Å²) < 4.78 is 0. The fourth-order valence-corrected chi connectivity index (χ4v) is 1.92. The number of carbonyl (C=O) groups excluding carboxylic acids is 1. The van der Waals surface area contributed by atoms with Gasteiger partial charge >= 0.3 is 5.97 Å². The van der Waals surface area contributed by atoms with E-state index >= 15 is 0 Å². The Balaban J connectivity index is 2.21. The largest absolute Gasteiger partial charge is 0.480 e. The van der Waals surface area contributed by atoms with Crippen LogP contribution >= 0.6 is 0 Å². The highest BCUT2D eigenvalue weighted by Crippen LogP contribution is 2.05. The Morgan fingerprint density at radius 2 is 1.88 bits per heavy atom. The maximum Gasteiger partial charge on any atom is 0.320 e. The molecule has 0 aliphatic carbocycles. The summed E-state index contributed by atoms with van der Waals surface area (Å²) in [6.07, 6.45) is 0. The van der Waals surface area contributed by atoms with Crippen LogP contribution in [0.4, 0.5) is 0 Å². The number of piperazine rings is 1. The number of nitrogens with zero attached hydrogens (tertiary/aromatic N) is 2. The van der Waals surface area contributed by atoms with Crippen LogP contribution < -0.4 is 5.32 Å². The second kappa shape index (κ2) is 6.56. The third-order valence-electron chi connectivity index (χ3n) is 3.11. The molecule has 0 aromatic rings. The van der Waals surface area contributed by atoms with Gasteiger partial charge in [-0.05, 0) is 6.92 Å². The molecule has 1 rings (SSSR count). The molecule has 1 unspecified atom stereocenters. The first-order chi connectivity index (χ1) is 8.00. The van der Waals surface area contributed by atoms with Gasteiger partial charge in [-0.25, -0.2) is 0 Å². The van der Waals surface area contributed by atoms with Gasteiger partial charge in [0.1, 0.15) is 6.04 Å². The fourth-order valence-electron chi connectivity index (χ4n) is 1.92. The van der Waals surface area contributed by atoms with Crippen molar-refractivity contribution in [2.45, 2.75) is 19.9 Å². The van der Waals surface area contributed by atoms with E-state index in [0.717, 1.165) is 32.7 Å². The zero-order valence-corrected chi connectivity index (χ0v) is 10.5. The summed E-state index contributed by atoms with van der Waals surface area (Å²) in [4.78, 5) is 25.7. The summed E-state index contributed by atoms with van der Waals surface area (Å²) in [5.74, 6) is -0.778. The minimum Gasteiger partial charge on any atom is -0.480 e. The van der Waals surface area contributed by atoms with Gasteiger partial charge in [0, 0.05) is 46.2 Å². The lowest BCUT2D eigenvalue weighted by molar-refractivity contribution is -0.143. The van der Waals surface area contributed by atoms with Crippen LogP contribution in [0.15, 0.2) is 0 Å². The summed E-state index contributed by atoms with van der Waals surface area (Å²) in [6, 6.07) is -0.410. The second-order valence-corrected chi connectivity index (χ2v) is 4.37. The molecule has 0 radical (unpaired) electrons. The van der Waals surface area contributed by atoms with Crippen molar-refractivity contribution in [3.8, 4) is 0 Å². The Kier molecular flexibility index (Phi) is 5.37. The normalized spacial score (nSPS) is 19.9. The molecule has 0 spiro atoms. The van der Waals surface area contributed by atoms with Gasteiger partial charge in [-0.1, -0.05) is 0 Å². The molecule has 98 valence electrons. The first-order valence-electron chi connectivity index (χ1n) is 5.94. The van der Waals surface area contributed by atoms with Crippen LogP contribution in [0, 0.1) is 0 Å². The molecule has 0 bridgehead atoms. The highest BCUT2D eigenvalue weighted by molar-refractivity contribution is 5.73. The maximum absolute atomic E-state index is 10.8. The number of aliphatic carboxylic acids is 1. The lowest BCUT2D eigenvalue weighted by Crippen LogP contribution is -2.52. The van der Waals surface area contributed by atoms with Crippen molar-refractivity contribution in [2.75, 3.05) is 39.3 Å². The molecule has 0 aromatic carbocycles. The predicted octanol–water partition coefficient (Wildman–Crippen LogP) is -0.787. The smallest absolute Gasteiger partial charge is 0.320 e. The summed E-state index contributed by atoms with van der Waals surface area (Å²) in [5, 5.41) is 11.7. The highest BCUT2D eigenvalue weighted by atomic mass is 16.4. The van der Waals surface area contributed by atoms with Crippen LogP contribution in [0.2, 0.25) is 0 Å². The number of carboxylic acid groups (broad SMARTS) is 1. The van der Waals surface area contributed by atoms with E-state index in [1.807, 2.05) is 4.90 Å². The first kappa shape index (κ1) is 13.9. The number of rotatable bonds is 5. The van der Waals surface area contributed by atoms with Crippen molar-refractivity contribution < 1.29 is 14.7 Å². The van der Waals surface area contributed by atoms with Crippen molar-refractivity contribution in [1.29, 1.82) is 0 Å². The molecule has 1 saturated heterocycles. The Morgan fingerprint density at radius 3 is 2.35 bits per heavy atom. The van der Waals surface area contributed by atoms with Gasteiger partial charge in [0.15, 0.2) is 0 Å². The quantitative estimate of drug-likeness (QED) is 0.662. The molecule has 1 amide bonds. The van der Waals surface area contributed by atoms with Crippen LogP contribution in [0.25, 0.3) is 0 Å². The number of hydrogen-bond acceptors (Lipinski definition) is 4. The van der Waals surface area contributed by atoms with E-state index in [4.69, 9.17) is 5.11 Å². The summed E-state index contributed by atoms with van der Waals surface area (Å²) in [7, 11) is 0. The van der Waals surface area contributed by atoms with Crippen LogP contribution in [0.1, 0.15) is 13.8 Å². The van der Waals surface area contributed by atoms with Crippen molar-refractivity contribution in [2.24, 2.45) is 0 Å². The molecule has 2 N–H and O–H groups in total. The molecule has 17 heavy (non-hydrogen) atoms. The molecule has 1 atom stereocenters. The average Bonchev–Trinajstić information content (AvgIpc) is 2.28. The van der Waals surface area contributed by atoms with Gasteiger partial charge in [-0.15, -0.1) is 0 Å². The van der Waals surface area contributed by atoms with Crippen LogP contribution in [0.5, 0.6) is 0 Å². The Labute approximate surface area is 102 Å². The monoisotopic (exact) mass is 243 g/mol. The zero-order chi connectivity index (χ0) is 12.8. The molecule has 0 saturated carbocycles. The number of carboxylic acids is 1. The van der Waals surface area contributed by atoms with Gasteiger partial charge in [0.25, 0.3) is 0 Å². The predicted molar refractivity (Wildman–Crippen MR) is 63.8 cm³/mol. The molecule has 6 heteroatoms. The van der Waals surface area contributed by atoms with Crippen LogP contribution in [0.3, 0.4) is 0 Å². The lowest BCUT2D eigenvalue weighted by atomic mass is 10.2. The lowest BCUT2D eigenvalue weighted by Gasteiger charge is -2.36. The maximum atomic E-state index is 10.8. The molecule has 1 aliphatic rings. The zero-order valence-electron chi connectivity index (χ0n) is 10.5. The SMILES string of the molecule is CC(=O)NCCN1CCN(C(C)C(=O)O)CC1. The standard InChI is InChI=1S/C11H21N3O3/c1-9(11(16)17)14-7-5-13(6-8-14)4-3-12-10(2)15/h9H,3-8H2,1-2H3,(H,12,15)(H,16,17). The minimum atomic E-state index is -0.767. The fraction of sp³-hybridized carbons (Fsp3) is 0.818. The molecular formula is C11H21N3O3. The van der Waals surface area contributed by atoms with Crippen molar-refractivity contribution in [3.05, 3.63) is 0 Å². The molecule has 1 fully saturated rings. The number of amides is 1. The van der Waals surface area contributed by atoms with E-state index in [9.17, 15) is 9.59 Å². The topological polar surface area (TPSA) is 72.9 Å². The van der Waals surface area contributed by atoms with Gasteiger partial charge in [-0.2, -0.15) is 0 Å². The Hall–Kier alpha value is -1.14. The van der Waals surface area contributed by atoms with E-state index in [2.05, 4.69) is 10.2 Å². The van der Waals surface area contributed by atoms with E-state index in [1.165, 1.54) is 6.92 Å². The Bertz CT molecular complexity index is 275. The summed E-state index contributed by atoms with van der Waals surface area (Å²) in [6.45, 7) is 7.97. The molecule has 6 nitrogen and oxygen atoms in total. The molecule has 1 heterocycles. The van der Waals surface area contributed by atoms with Gasteiger partial charge < -0.3 is 10.4 Å². The highest BCUT2D eigenvalue weighted by Gasteiger charge is 2.24. The number of nitrogens with one attached hydrogen (secondary N) is 1. The average molecular weight is 243 g/mol. The van der Waals surface area contributed by atoms with E-state index in [-0.39, 0.29) is 5.91 Å². The second-order valence-electron chi connectivity index (χ2n) is 4.37. The van der Waals surface area contributed by atoms with Crippen molar-refractivity contribution in [1.82, 2.24) is 15.1 Å². The van der Waals surface area contributed by atoms with Gasteiger partial charge in [0.2, 0.25) is 5.91 Å². The minimum absolute atomic E-state index is 0.0110. The van der Waals surface area contributed by atoms with E-state index in [0.29, 0.717) is 6.54 Å². The van der Waals surface area contributed by atoms with Gasteiger partial charge in [0.05, 0.1) is 0 Å². The third kappa shape index (κ3) is 4.70. The first-order valence-corrected chi connectivity index (χ1v) is 5.94. The van der Waals surface area contributed by atoms with Crippen molar-refractivity contribution in [3.63, 3.8) is 0 Å². The summed E-state index contributed by atoms with van der Waals surface area (Å²) >= 11 is 0. The van der Waals surface area contributed by atoms with Crippen LogP contribution in [-0.2, 0) is 9.59 Å². The number of carbonyl (C=O) groups is 2. The summed E-state index contributed by atoms with van der Waals surface area (Å²) in [5.41, 5.74) is 0. The number of hydrogen-bond donors (Lipinski definition) is 2. The molecule has 1 aliphatic heterocycles. The van der Waals surface area contributed by atoms with E-state index in [1.54, 1.807) is 6.92 Å². The molecular weight excluding hydrogens is 222 g/mol. The van der Waals surface area contributed by atoms with Crippen LogP contribution in [-0.4, -0.2) is 72.1 Å². The van der Waals surface area contributed by atoms with Gasteiger partial charge in [-0.3, -0.25) is 19.4 Å². The van der Waals surface area contributed by atoms with E-state index < -0.39 is 12.0 Å². The van der Waals surface area contributed by atoms with Crippen molar-refractivity contribution >= 4 is 11.9 Å².